The van der Waals surface area contributed by atoms with Crippen LogP contribution in [0.5, 0.6) is 11.5 Å². The number of rotatable bonds is 9. The predicted octanol–water partition coefficient (Wildman–Crippen LogP) is 4.32. The number of nitrogens with zero attached hydrogens (tertiary/aromatic N) is 7. The van der Waals surface area contributed by atoms with Gasteiger partial charge < -0.3 is 9.84 Å². The molecule has 198 valence electrons. The number of aromatic nitrogens is 6. The molecule has 0 spiro atoms. The van der Waals surface area contributed by atoms with Gasteiger partial charge in [0.05, 0.1) is 35.3 Å². The minimum absolute atomic E-state index is 0.00353. The molecule has 0 unspecified atom stereocenters. The number of phenolic OH excluding ortho intramolecular Hbond substituents is 1. The van der Waals surface area contributed by atoms with E-state index in [0.29, 0.717) is 38.0 Å². The normalized spacial score (nSPS) is 11.4. The van der Waals surface area contributed by atoms with Gasteiger partial charge in [-0.05, 0) is 48.5 Å². The number of para-hydroxylation sites is 1. The minimum Gasteiger partial charge on any atom is -0.507 e. The standard InChI is InChI=1S/C25H20Cl2N8O3S/c1-38-17-7-9-22(36)15(10-17)12-28-31-24(37)14-39-25-32-30-23(35(25)20-8-6-16(26)11-18(20)27)13-34-21-5-3-2-4-19(21)29-33-34/h2-12,36H,13-14H2,1H3,(H,31,37). The molecule has 5 aromatic rings. The fourth-order valence-corrected chi connectivity index (χ4v) is 4.92. The van der Waals surface area contributed by atoms with Gasteiger partial charge in [0, 0.05) is 10.6 Å². The van der Waals surface area contributed by atoms with Crippen molar-refractivity contribution in [3.63, 3.8) is 0 Å². The number of halogens is 2. The Morgan fingerprint density at radius 3 is 2.79 bits per heavy atom. The molecular formula is C25H20Cl2N8O3S. The van der Waals surface area contributed by atoms with Gasteiger partial charge in [0.2, 0.25) is 0 Å². The van der Waals surface area contributed by atoms with Gasteiger partial charge in [-0.25, -0.2) is 10.1 Å². The van der Waals surface area contributed by atoms with Crippen molar-refractivity contribution in [2.45, 2.75) is 11.7 Å². The van der Waals surface area contributed by atoms with E-state index in [-0.39, 0.29) is 24.0 Å². The van der Waals surface area contributed by atoms with Crippen LogP contribution in [-0.4, -0.2) is 59.8 Å². The summed E-state index contributed by atoms with van der Waals surface area (Å²) in [6, 6.07) is 17.4. The van der Waals surface area contributed by atoms with Crippen LogP contribution in [0.2, 0.25) is 10.0 Å². The fraction of sp³-hybridized carbons (Fsp3) is 0.120. The molecule has 3 aromatic carbocycles. The third-order valence-corrected chi connectivity index (χ3v) is 6.99. The second-order valence-corrected chi connectivity index (χ2v) is 9.86. The number of hydrazone groups is 1. The number of thioether (sulfide) groups is 1. The van der Waals surface area contributed by atoms with Crippen LogP contribution in [0.4, 0.5) is 0 Å². The third kappa shape index (κ3) is 5.98. The zero-order valence-corrected chi connectivity index (χ0v) is 22.7. The van der Waals surface area contributed by atoms with Crippen LogP contribution in [0.1, 0.15) is 11.4 Å². The number of amides is 1. The summed E-state index contributed by atoms with van der Waals surface area (Å²) in [5, 5.41) is 32.3. The molecule has 39 heavy (non-hydrogen) atoms. The number of nitrogens with one attached hydrogen (secondary N) is 1. The molecule has 2 heterocycles. The van der Waals surface area contributed by atoms with Gasteiger partial charge in [0.15, 0.2) is 11.0 Å². The zero-order valence-electron chi connectivity index (χ0n) is 20.3. The Balaban J connectivity index is 1.36. The molecule has 0 aliphatic carbocycles. The average Bonchev–Trinajstić information content (AvgIpc) is 3.53. The summed E-state index contributed by atoms with van der Waals surface area (Å²) in [5.41, 5.74) is 5.02. The number of methoxy groups -OCH3 is 1. The molecule has 0 aliphatic heterocycles. The van der Waals surface area contributed by atoms with Crippen molar-refractivity contribution in [3.8, 4) is 17.2 Å². The van der Waals surface area contributed by atoms with E-state index in [1.54, 1.807) is 39.6 Å². The molecule has 0 bridgehead atoms. The number of benzene rings is 3. The molecule has 11 nitrogen and oxygen atoms in total. The maximum Gasteiger partial charge on any atom is 0.250 e. The van der Waals surface area contributed by atoms with E-state index in [1.165, 1.54) is 19.4 Å². The molecule has 0 saturated carbocycles. The summed E-state index contributed by atoms with van der Waals surface area (Å²) in [5.74, 6) is 0.676. The average molecular weight is 583 g/mol. The van der Waals surface area contributed by atoms with Crippen molar-refractivity contribution in [2.24, 2.45) is 5.10 Å². The number of hydrogen-bond acceptors (Lipinski definition) is 9. The third-order valence-electron chi connectivity index (χ3n) is 5.52. The van der Waals surface area contributed by atoms with E-state index >= 15 is 0 Å². The van der Waals surface area contributed by atoms with Crippen LogP contribution in [0.25, 0.3) is 16.7 Å². The van der Waals surface area contributed by atoms with Crippen LogP contribution < -0.4 is 10.2 Å². The van der Waals surface area contributed by atoms with Gasteiger partial charge in [-0.15, -0.1) is 15.3 Å². The Bertz CT molecular complexity index is 1690. The van der Waals surface area contributed by atoms with E-state index < -0.39 is 0 Å². The number of carbonyl (C=O) groups is 1. The summed E-state index contributed by atoms with van der Waals surface area (Å²) in [4.78, 5) is 12.5. The molecular weight excluding hydrogens is 563 g/mol. The lowest BCUT2D eigenvalue weighted by molar-refractivity contribution is -0.118. The van der Waals surface area contributed by atoms with Gasteiger partial charge >= 0.3 is 0 Å². The van der Waals surface area contributed by atoms with Crippen LogP contribution >= 0.6 is 35.0 Å². The minimum atomic E-state index is -0.390. The van der Waals surface area contributed by atoms with Gasteiger partial charge in [-0.3, -0.25) is 9.36 Å². The molecule has 0 radical (unpaired) electrons. The summed E-state index contributed by atoms with van der Waals surface area (Å²) >= 11 is 13.8. The number of fused-ring (bicyclic) bond motifs is 1. The van der Waals surface area contributed by atoms with E-state index in [9.17, 15) is 9.90 Å². The molecule has 1 amide bonds. The SMILES string of the molecule is COc1ccc(O)c(C=NNC(=O)CSc2nnc(Cn3nnc4ccccc43)n2-c2ccc(Cl)cc2Cl)c1. The van der Waals surface area contributed by atoms with Gasteiger partial charge in [0.25, 0.3) is 5.91 Å². The van der Waals surface area contributed by atoms with E-state index in [1.807, 2.05) is 24.3 Å². The van der Waals surface area contributed by atoms with E-state index in [2.05, 4.69) is 31.0 Å². The first kappa shape index (κ1) is 26.5. The Labute approximate surface area is 236 Å². The molecule has 14 heteroatoms. The van der Waals surface area contributed by atoms with E-state index in [0.717, 1.165) is 22.8 Å². The van der Waals surface area contributed by atoms with Crippen molar-refractivity contribution < 1.29 is 14.6 Å². The van der Waals surface area contributed by atoms with Crippen LogP contribution in [-0.2, 0) is 11.3 Å². The topological polar surface area (TPSA) is 132 Å². The summed E-state index contributed by atoms with van der Waals surface area (Å²) in [6.07, 6.45) is 1.33. The Morgan fingerprint density at radius 2 is 1.97 bits per heavy atom. The fourth-order valence-electron chi connectivity index (χ4n) is 3.67. The molecule has 0 saturated heterocycles. The summed E-state index contributed by atoms with van der Waals surface area (Å²) in [7, 11) is 1.52. The van der Waals surface area contributed by atoms with Crippen molar-refractivity contribution in [3.05, 3.63) is 82.1 Å². The van der Waals surface area contributed by atoms with Crippen LogP contribution in [0.3, 0.4) is 0 Å². The highest BCUT2D eigenvalue weighted by Gasteiger charge is 2.19. The first-order valence-electron chi connectivity index (χ1n) is 11.4. The maximum atomic E-state index is 12.5. The maximum absolute atomic E-state index is 12.5. The number of hydrogen-bond donors (Lipinski definition) is 2. The van der Waals surface area contributed by atoms with Crippen LogP contribution in [0.15, 0.2) is 70.9 Å². The quantitative estimate of drug-likeness (QED) is 0.149. The highest BCUT2D eigenvalue weighted by atomic mass is 35.5. The van der Waals surface area contributed by atoms with E-state index in [4.69, 9.17) is 27.9 Å². The van der Waals surface area contributed by atoms with Crippen molar-refractivity contribution in [2.75, 3.05) is 12.9 Å². The molecule has 0 aliphatic rings. The van der Waals surface area contributed by atoms with Crippen molar-refractivity contribution >= 4 is 58.1 Å². The smallest absolute Gasteiger partial charge is 0.250 e. The number of carbonyl (C=O) groups excluding carboxylic acids is 1. The monoisotopic (exact) mass is 582 g/mol. The molecule has 0 atom stereocenters. The lowest BCUT2D eigenvalue weighted by Gasteiger charge is -2.12. The Morgan fingerprint density at radius 1 is 1.13 bits per heavy atom. The first-order valence-corrected chi connectivity index (χ1v) is 13.2. The summed E-state index contributed by atoms with van der Waals surface area (Å²) in [6.45, 7) is 0.257. The Kier molecular flexibility index (Phi) is 7.96. The van der Waals surface area contributed by atoms with Gasteiger partial charge in [0.1, 0.15) is 23.6 Å². The largest absolute Gasteiger partial charge is 0.507 e. The highest BCUT2D eigenvalue weighted by molar-refractivity contribution is 7.99. The number of phenols is 1. The number of aromatic hydroxyl groups is 1. The van der Waals surface area contributed by atoms with Gasteiger partial charge in [-0.1, -0.05) is 52.3 Å². The highest BCUT2D eigenvalue weighted by Crippen LogP contribution is 2.30. The van der Waals surface area contributed by atoms with Gasteiger partial charge in [-0.2, -0.15) is 5.10 Å². The molecule has 2 aromatic heterocycles. The van der Waals surface area contributed by atoms with Crippen molar-refractivity contribution in [1.29, 1.82) is 0 Å². The summed E-state index contributed by atoms with van der Waals surface area (Å²) < 4.78 is 8.61. The van der Waals surface area contributed by atoms with Crippen molar-refractivity contribution in [1.82, 2.24) is 35.2 Å². The van der Waals surface area contributed by atoms with Crippen LogP contribution in [0, 0.1) is 0 Å². The molecule has 2 N–H and O–H groups in total. The Hall–Kier alpha value is -4.13. The second kappa shape index (κ2) is 11.7. The lowest BCUT2D eigenvalue weighted by atomic mass is 10.2. The number of ether oxygens (including phenoxy) is 1. The lowest BCUT2D eigenvalue weighted by Crippen LogP contribution is -2.20. The first-order chi connectivity index (χ1) is 18.9. The second-order valence-electron chi connectivity index (χ2n) is 8.07. The predicted molar refractivity (Wildman–Crippen MR) is 149 cm³/mol. The zero-order chi connectivity index (χ0) is 27.4. The molecule has 5 rings (SSSR count). The molecule has 0 fully saturated rings.